The van der Waals surface area contributed by atoms with Crippen molar-refractivity contribution in [2.45, 2.75) is 71.0 Å². The normalized spacial score (nSPS) is 20.7. The fourth-order valence-electron chi connectivity index (χ4n) is 3.43. The van der Waals surface area contributed by atoms with Crippen LogP contribution in [-0.4, -0.2) is 23.5 Å². The quantitative estimate of drug-likeness (QED) is 0.883. The van der Waals surface area contributed by atoms with E-state index in [1.165, 1.54) is 32.1 Å². The van der Waals surface area contributed by atoms with Gasteiger partial charge in [-0.1, -0.05) is 26.2 Å². The Labute approximate surface area is 117 Å². The lowest BCUT2D eigenvalue weighted by Crippen LogP contribution is -2.45. The molecule has 19 heavy (non-hydrogen) atoms. The van der Waals surface area contributed by atoms with Crippen LogP contribution < -0.4 is 5.73 Å². The maximum Gasteiger partial charge on any atom is 0.122 e. The Morgan fingerprint density at radius 2 is 2.00 bits per heavy atom. The van der Waals surface area contributed by atoms with Crippen molar-refractivity contribution in [3.05, 3.63) is 23.7 Å². The lowest BCUT2D eigenvalue weighted by Gasteiger charge is -2.40. The van der Waals surface area contributed by atoms with Crippen molar-refractivity contribution in [3.8, 4) is 0 Å². The monoisotopic (exact) mass is 264 g/mol. The van der Waals surface area contributed by atoms with Gasteiger partial charge in [-0.15, -0.1) is 0 Å². The highest BCUT2D eigenvalue weighted by molar-refractivity contribution is 5.12. The van der Waals surface area contributed by atoms with Crippen molar-refractivity contribution in [1.82, 2.24) is 4.90 Å². The van der Waals surface area contributed by atoms with Crippen LogP contribution in [0.5, 0.6) is 0 Å². The first kappa shape index (κ1) is 14.6. The van der Waals surface area contributed by atoms with Crippen LogP contribution in [0.3, 0.4) is 0 Å². The summed E-state index contributed by atoms with van der Waals surface area (Å²) in [6, 6.07) is 5.10. The number of nitrogens with zero attached hydrogens (tertiary/aromatic N) is 1. The molecule has 1 aliphatic rings. The minimum atomic E-state index is 0.0902. The van der Waals surface area contributed by atoms with Gasteiger partial charge in [-0.2, -0.15) is 0 Å². The van der Waals surface area contributed by atoms with Gasteiger partial charge in [0.05, 0.1) is 6.04 Å². The topological polar surface area (TPSA) is 42.4 Å². The molecule has 0 spiro atoms. The summed E-state index contributed by atoms with van der Waals surface area (Å²) >= 11 is 0. The zero-order valence-electron chi connectivity index (χ0n) is 12.6. The highest BCUT2D eigenvalue weighted by Crippen LogP contribution is 2.32. The van der Waals surface area contributed by atoms with E-state index in [2.05, 4.69) is 24.8 Å². The van der Waals surface area contributed by atoms with Crippen LogP contribution >= 0.6 is 0 Å². The van der Waals surface area contributed by atoms with Crippen LogP contribution in [0.25, 0.3) is 0 Å². The molecular weight excluding hydrogens is 236 g/mol. The van der Waals surface area contributed by atoms with Crippen molar-refractivity contribution in [3.63, 3.8) is 0 Å². The molecule has 1 saturated carbocycles. The molecule has 3 nitrogen and oxygen atoms in total. The Morgan fingerprint density at radius 3 is 2.47 bits per heavy atom. The molecule has 0 radical (unpaired) electrons. The summed E-state index contributed by atoms with van der Waals surface area (Å²) in [6.45, 7) is 7.36. The Bertz CT molecular complexity index is 380. The molecule has 0 saturated heterocycles. The number of hydrogen-bond acceptors (Lipinski definition) is 3. The lowest BCUT2D eigenvalue weighted by molar-refractivity contribution is 0.0839. The van der Waals surface area contributed by atoms with E-state index in [1.54, 1.807) is 0 Å². The summed E-state index contributed by atoms with van der Waals surface area (Å²) in [5, 5.41) is 0. The highest BCUT2D eigenvalue weighted by atomic mass is 16.3. The maximum absolute atomic E-state index is 6.26. The predicted molar refractivity (Wildman–Crippen MR) is 79.1 cm³/mol. The van der Waals surface area contributed by atoms with Gasteiger partial charge in [0, 0.05) is 12.1 Å². The molecule has 0 aliphatic heterocycles. The first-order valence-electron chi connectivity index (χ1n) is 7.71. The summed E-state index contributed by atoms with van der Waals surface area (Å²) in [5.41, 5.74) is 6.26. The van der Waals surface area contributed by atoms with Gasteiger partial charge in [0.25, 0.3) is 0 Å². The summed E-state index contributed by atoms with van der Waals surface area (Å²) in [7, 11) is 0. The Balaban J connectivity index is 2.20. The van der Waals surface area contributed by atoms with Crippen LogP contribution in [0.15, 0.2) is 16.5 Å². The van der Waals surface area contributed by atoms with Crippen LogP contribution in [0, 0.1) is 6.92 Å². The highest BCUT2D eigenvalue weighted by Gasteiger charge is 2.31. The van der Waals surface area contributed by atoms with E-state index < -0.39 is 0 Å². The van der Waals surface area contributed by atoms with Crippen molar-refractivity contribution in [1.29, 1.82) is 0 Å². The van der Waals surface area contributed by atoms with Crippen molar-refractivity contribution in [2.75, 3.05) is 6.54 Å². The first-order valence-corrected chi connectivity index (χ1v) is 7.71. The Hall–Kier alpha value is -0.800. The molecule has 1 aromatic rings. The fraction of sp³-hybridized carbons (Fsp3) is 0.750. The zero-order valence-corrected chi connectivity index (χ0v) is 12.6. The molecule has 1 aliphatic carbocycles. The molecule has 0 aromatic carbocycles. The molecule has 2 unspecified atom stereocenters. The number of hydrogen-bond donors (Lipinski definition) is 1. The van der Waals surface area contributed by atoms with Gasteiger partial charge >= 0.3 is 0 Å². The molecule has 0 bridgehead atoms. The third-order valence-electron chi connectivity index (χ3n) is 4.32. The van der Waals surface area contributed by atoms with Crippen molar-refractivity contribution >= 4 is 0 Å². The van der Waals surface area contributed by atoms with Crippen molar-refractivity contribution < 1.29 is 4.42 Å². The molecule has 2 rings (SSSR count). The first-order chi connectivity index (χ1) is 9.13. The molecule has 3 heteroatoms. The average Bonchev–Trinajstić information content (AvgIpc) is 2.82. The summed E-state index contributed by atoms with van der Waals surface area (Å²) in [5.74, 6) is 2.00. The number of likely N-dealkylation sites (N-methyl/N-ethyl adjacent to an activating group) is 1. The van der Waals surface area contributed by atoms with E-state index >= 15 is 0 Å². The van der Waals surface area contributed by atoms with E-state index in [-0.39, 0.29) is 12.1 Å². The van der Waals surface area contributed by atoms with Gasteiger partial charge in [-0.05, 0) is 45.4 Å². The molecule has 0 amide bonds. The standard InChI is InChI=1S/C16H28N2O/c1-4-18(14-8-6-5-7-9-14)16(13(3)17)15-11-10-12(2)19-15/h10-11,13-14,16H,4-9,17H2,1-3H3. The number of aryl methyl sites for hydroxylation is 1. The van der Waals surface area contributed by atoms with Crippen LogP contribution in [0.4, 0.5) is 0 Å². The summed E-state index contributed by atoms with van der Waals surface area (Å²) in [6.07, 6.45) is 6.69. The number of nitrogens with two attached hydrogens (primary N) is 1. The Kier molecular flexibility index (Phi) is 5.06. The van der Waals surface area contributed by atoms with Gasteiger partial charge in [0.15, 0.2) is 0 Å². The summed E-state index contributed by atoms with van der Waals surface area (Å²) < 4.78 is 5.86. The maximum atomic E-state index is 6.26. The second kappa shape index (κ2) is 6.58. The molecule has 1 heterocycles. The zero-order chi connectivity index (χ0) is 13.8. The van der Waals surface area contributed by atoms with E-state index in [4.69, 9.17) is 10.2 Å². The predicted octanol–water partition coefficient (Wildman–Crippen LogP) is 3.63. The summed E-state index contributed by atoms with van der Waals surface area (Å²) in [4.78, 5) is 2.56. The second-order valence-corrected chi connectivity index (χ2v) is 5.87. The SMILES string of the molecule is CCN(C1CCCCC1)C(c1ccc(C)o1)C(C)N. The molecule has 2 atom stereocenters. The van der Waals surface area contributed by atoms with Crippen LogP contribution in [0.1, 0.15) is 63.5 Å². The van der Waals surface area contributed by atoms with E-state index in [1.807, 2.05) is 13.0 Å². The second-order valence-electron chi connectivity index (χ2n) is 5.87. The lowest BCUT2D eigenvalue weighted by atomic mass is 9.91. The van der Waals surface area contributed by atoms with Gasteiger partial charge in [-0.25, -0.2) is 0 Å². The van der Waals surface area contributed by atoms with Gasteiger partial charge in [0.2, 0.25) is 0 Å². The van der Waals surface area contributed by atoms with Gasteiger partial charge < -0.3 is 10.2 Å². The minimum Gasteiger partial charge on any atom is -0.465 e. The molecule has 1 aromatic heterocycles. The molecule has 2 N–H and O–H groups in total. The average molecular weight is 264 g/mol. The van der Waals surface area contributed by atoms with Gasteiger partial charge in [0.1, 0.15) is 11.5 Å². The molecule has 1 fully saturated rings. The third-order valence-corrected chi connectivity index (χ3v) is 4.32. The Morgan fingerprint density at radius 1 is 1.32 bits per heavy atom. The van der Waals surface area contributed by atoms with Crippen molar-refractivity contribution in [2.24, 2.45) is 5.73 Å². The van der Waals surface area contributed by atoms with E-state index in [9.17, 15) is 0 Å². The molecule has 108 valence electrons. The smallest absolute Gasteiger partial charge is 0.122 e. The fourth-order valence-corrected chi connectivity index (χ4v) is 3.43. The van der Waals surface area contributed by atoms with Gasteiger partial charge in [-0.3, -0.25) is 4.90 Å². The largest absolute Gasteiger partial charge is 0.465 e. The van der Waals surface area contributed by atoms with Crippen LogP contribution in [-0.2, 0) is 0 Å². The molecular formula is C16H28N2O. The van der Waals surface area contributed by atoms with E-state index in [0.29, 0.717) is 6.04 Å². The van der Waals surface area contributed by atoms with Crippen LogP contribution in [0.2, 0.25) is 0 Å². The third kappa shape index (κ3) is 3.40. The number of rotatable bonds is 5. The minimum absolute atomic E-state index is 0.0902. The van der Waals surface area contributed by atoms with E-state index in [0.717, 1.165) is 18.1 Å². The number of furan rings is 1.